The van der Waals surface area contributed by atoms with Crippen LogP contribution in [0.25, 0.3) is 0 Å². The molecule has 0 aromatic carbocycles. The number of rotatable bonds is 6. The number of hydrogen-bond donors (Lipinski definition) is 2. The lowest BCUT2D eigenvalue weighted by Crippen LogP contribution is -2.54. The molecule has 122 valence electrons. The number of urea groups is 1. The van der Waals surface area contributed by atoms with Crippen LogP contribution in [0, 0.1) is 11.8 Å². The first kappa shape index (κ1) is 17.8. The number of amides is 2. The van der Waals surface area contributed by atoms with Crippen LogP contribution >= 0.6 is 0 Å². The number of carbonyl (C=O) groups excluding carboxylic acids is 1. The zero-order valence-corrected chi connectivity index (χ0v) is 13.8. The normalized spacial score (nSPS) is 24.0. The number of nitrogens with zero attached hydrogens (tertiary/aromatic N) is 1. The van der Waals surface area contributed by atoms with Gasteiger partial charge < -0.3 is 15.3 Å². The second-order valence-corrected chi connectivity index (χ2v) is 6.67. The lowest BCUT2D eigenvalue weighted by molar-refractivity contribution is -0.144. The number of hydrogen-bond acceptors (Lipinski definition) is 2. The molecule has 0 bridgehead atoms. The van der Waals surface area contributed by atoms with Crippen molar-refractivity contribution in [2.45, 2.75) is 71.9 Å². The van der Waals surface area contributed by atoms with Crippen molar-refractivity contribution in [2.24, 2.45) is 11.8 Å². The topological polar surface area (TPSA) is 69.6 Å². The minimum absolute atomic E-state index is 0.0817. The van der Waals surface area contributed by atoms with Gasteiger partial charge in [-0.25, -0.2) is 9.59 Å². The molecule has 3 unspecified atom stereocenters. The summed E-state index contributed by atoms with van der Waals surface area (Å²) in [7, 11) is 0. The van der Waals surface area contributed by atoms with Gasteiger partial charge in [0.25, 0.3) is 0 Å². The first-order valence-electron chi connectivity index (χ1n) is 8.15. The van der Waals surface area contributed by atoms with Gasteiger partial charge in [-0.3, -0.25) is 0 Å². The number of piperidine rings is 1. The minimum atomic E-state index is -0.891. The van der Waals surface area contributed by atoms with Gasteiger partial charge in [-0.1, -0.05) is 27.2 Å². The summed E-state index contributed by atoms with van der Waals surface area (Å²) in [5.74, 6) is 0.128. The fourth-order valence-corrected chi connectivity index (χ4v) is 2.84. The van der Waals surface area contributed by atoms with Crippen molar-refractivity contribution in [3.63, 3.8) is 0 Å². The molecule has 21 heavy (non-hydrogen) atoms. The average molecular weight is 298 g/mol. The Bertz CT molecular complexity index is 357. The van der Waals surface area contributed by atoms with Crippen molar-refractivity contribution in [3.05, 3.63) is 0 Å². The first-order valence-corrected chi connectivity index (χ1v) is 8.15. The van der Waals surface area contributed by atoms with Gasteiger partial charge in [0.15, 0.2) is 0 Å². The lowest BCUT2D eigenvalue weighted by atomic mass is 9.89. The van der Waals surface area contributed by atoms with E-state index in [1.807, 2.05) is 6.92 Å². The van der Waals surface area contributed by atoms with Gasteiger partial charge in [-0.15, -0.1) is 0 Å². The van der Waals surface area contributed by atoms with Gasteiger partial charge in [-0.2, -0.15) is 0 Å². The number of aliphatic carboxylic acids is 1. The summed E-state index contributed by atoms with van der Waals surface area (Å²) >= 11 is 0. The molecule has 0 aromatic rings. The van der Waals surface area contributed by atoms with E-state index in [1.54, 1.807) is 0 Å². The second-order valence-electron chi connectivity index (χ2n) is 6.67. The third-order valence-corrected chi connectivity index (χ3v) is 4.38. The Kier molecular flexibility index (Phi) is 6.99. The molecule has 0 radical (unpaired) electrons. The molecule has 0 saturated carbocycles. The summed E-state index contributed by atoms with van der Waals surface area (Å²) in [5.41, 5.74) is 0. The third-order valence-electron chi connectivity index (χ3n) is 4.38. The molecule has 3 atom stereocenters. The lowest BCUT2D eigenvalue weighted by Gasteiger charge is -2.37. The maximum absolute atomic E-state index is 12.3. The van der Waals surface area contributed by atoms with E-state index in [9.17, 15) is 14.7 Å². The summed E-state index contributed by atoms with van der Waals surface area (Å²) < 4.78 is 0. The van der Waals surface area contributed by atoms with Gasteiger partial charge in [0.1, 0.15) is 6.04 Å². The second kappa shape index (κ2) is 8.25. The SMILES string of the molecule is CCC1CCN(C(=O)NC(C)CCC(C)C)C(C(=O)O)C1. The van der Waals surface area contributed by atoms with Gasteiger partial charge in [0.05, 0.1) is 0 Å². The Morgan fingerprint density at radius 1 is 1.29 bits per heavy atom. The van der Waals surface area contributed by atoms with Gasteiger partial charge >= 0.3 is 12.0 Å². The fraction of sp³-hybridized carbons (Fsp3) is 0.875. The Morgan fingerprint density at radius 2 is 1.95 bits per heavy atom. The van der Waals surface area contributed by atoms with Crippen LogP contribution in [0.5, 0.6) is 0 Å². The zero-order chi connectivity index (χ0) is 16.0. The Labute approximate surface area is 128 Å². The van der Waals surface area contributed by atoms with E-state index in [0.29, 0.717) is 24.8 Å². The first-order chi connectivity index (χ1) is 9.85. The van der Waals surface area contributed by atoms with Crippen molar-refractivity contribution in [2.75, 3.05) is 6.54 Å². The molecule has 0 aliphatic carbocycles. The summed E-state index contributed by atoms with van der Waals surface area (Å²) in [6.07, 6.45) is 4.42. The molecule has 1 fully saturated rings. The molecular weight excluding hydrogens is 268 g/mol. The Hall–Kier alpha value is -1.26. The highest BCUT2D eigenvalue weighted by molar-refractivity contribution is 5.83. The van der Waals surface area contributed by atoms with Crippen LogP contribution in [0.3, 0.4) is 0 Å². The summed E-state index contributed by atoms with van der Waals surface area (Å²) in [6, 6.07) is -0.826. The molecule has 1 rings (SSSR count). The van der Waals surface area contributed by atoms with Gasteiger partial charge in [0, 0.05) is 12.6 Å². The number of carbonyl (C=O) groups is 2. The quantitative estimate of drug-likeness (QED) is 0.791. The van der Waals surface area contributed by atoms with Crippen LogP contribution < -0.4 is 5.32 Å². The molecule has 1 heterocycles. The van der Waals surface area contributed by atoms with Crippen molar-refractivity contribution in [1.29, 1.82) is 0 Å². The minimum Gasteiger partial charge on any atom is -0.480 e. The molecule has 5 nitrogen and oxygen atoms in total. The Morgan fingerprint density at radius 3 is 2.48 bits per heavy atom. The van der Waals surface area contributed by atoms with Crippen molar-refractivity contribution in [3.8, 4) is 0 Å². The van der Waals surface area contributed by atoms with E-state index in [-0.39, 0.29) is 12.1 Å². The fourth-order valence-electron chi connectivity index (χ4n) is 2.84. The highest BCUT2D eigenvalue weighted by Gasteiger charge is 2.35. The van der Waals surface area contributed by atoms with Gasteiger partial charge in [0.2, 0.25) is 0 Å². The molecule has 1 saturated heterocycles. The van der Waals surface area contributed by atoms with Crippen LogP contribution in [-0.2, 0) is 4.79 Å². The molecule has 2 amide bonds. The smallest absolute Gasteiger partial charge is 0.326 e. The maximum Gasteiger partial charge on any atom is 0.326 e. The maximum atomic E-state index is 12.3. The van der Waals surface area contributed by atoms with E-state index in [2.05, 4.69) is 26.1 Å². The van der Waals surface area contributed by atoms with Gasteiger partial charge in [-0.05, 0) is 44.4 Å². The van der Waals surface area contributed by atoms with Crippen LogP contribution in [0.4, 0.5) is 4.79 Å². The molecule has 0 aromatic heterocycles. The summed E-state index contributed by atoms with van der Waals surface area (Å²) in [4.78, 5) is 25.2. The van der Waals surface area contributed by atoms with E-state index >= 15 is 0 Å². The van der Waals surface area contributed by atoms with Crippen LogP contribution in [0.2, 0.25) is 0 Å². The highest BCUT2D eigenvalue weighted by Crippen LogP contribution is 2.25. The van der Waals surface area contributed by atoms with E-state index < -0.39 is 12.0 Å². The van der Waals surface area contributed by atoms with E-state index in [0.717, 1.165) is 25.7 Å². The molecule has 0 spiro atoms. The van der Waals surface area contributed by atoms with Crippen molar-refractivity contribution in [1.82, 2.24) is 10.2 Å². The molecule has 1 aliphatic heterocycles. The number of carboxylic acids is 1. The van der Waals surface area contributed by atoms with Crippen LogP contribution in [-0.4, -0.2) is 40.6 Å². The Balaban J connectivity index is 2.56. The monoisotopic (exact) mass is 298 g/mol. The predicted molar refractivity (Wildman–Crippen MR) is 83.2 cm³/mol. The molecule has 1 aliphatic rings. The number of carboxylic acid groups (broad SMARTS) is 1. The molecule has 5 heteroatoms. The van der Waals surface area contributed by atoms with E-state index in [1.165, 1.54) is 4.90 Å². The van der Waals surface area contributed by atoms with Crippen LogP contribution in [0.15, 0.2) is 0 Å². The summed E-state index contributed by atoms with van der Waals surface area (Å²) in [6.45, 7) is 8.91. The van der Waals surface area contributed by atoms with E-state index in [4.69, 9.17) is 0 Å². The molecule has 2 N–H and O–H groups in total. The number of nitrogens with one attached hydrogen (secondary N) is 1. The standard InChI is InChI=1S/C16H30N2O3/c1-5-13-8-9-18(14(10-13)15(19)20)16(21)17-12(4)7-6-11(2)3/h11-14H,5-10H2,1-4H3,(H,17,21)(H,19,20). The predicted octanol–water partition coefficient (Wildman–Crippen LogP) is 3.10. The highest BCUT2D eigenvalue weighted by atomic mass is 16.4. The van der Waals surface area contributed by atoms with Crippen LogP contribution in [0.1, 0.15) is 59.8 Å². The third kappa shape index (κ3) is 5.56. The van der Waals surface area contributed by atoms with Crippen molar-refractivity contribution >= 4 is 12.0 Å². The number of likely N-dealkylation sites (tertiary alicyclic amines) is 1. The average Bonchev–Trinajstić information content (AvgIpc) is 2.44. The molecular formula is C16H30N2O3. The zero-order valence-electron chi connectivity index (χ0n) is 13.8. The van der Waals surface area contributed by atoms with Crippen molar-refractivity contribution < 1.29 is 14.7 Å². The summed E-state index contributed by atoms with van der Waals surface area (Å²) in [5, 5.41) is 12.3. The largest absolute Gasteiger partial charge is 0.480 e.